The van der Waals surface area contributed by atoms with Crippen LogP contribution in [0.5, 0.6) is 0 Å². The molecule has 1 heterocycles. The van der Waals surface area contributed by atoms with Crippen LogP contribution in [0.3, 0.4) is 0 Å². The maximum absolute atomic E-state index is 6.19. The first-order chi connectivity index (χ1) is 14.2. The second kappa shape index (κ2) is 8.47. The van der Waals surface area contributed by atoms with Crippen LogP contribution in [-0.4, -0.2) is 19.6 Å². The van der Waals surface area contributed by atoms with Gasteiger partial charge in [0.15, 0.2) is 6.54 Å². The van der Waals surface area contributed by atoms with Crippen LogP contribution in [0.2, 0.25) is 0 Å². The largest absolute Gasteiger partial charge is 0.399 e. The molecule has 0 aliphatic heterocycles. The van der Waals surface area contributed by atoms with Crippen molar-refractivity contribution in [2.45, 2.75) is 13.0 Å². The standard InChI is InChI=1S/C24H27N5/c25-11-13-28-12-4-14-29-23-16-19(27)8-10-21(23)20-9-7-18(26)15-22(20)24(29)17-5-2-1-3-6-17/h1-3,5-10,15-16,27-28H,4,11-14,25-26H2/p+1. The van der Waals surface area contributed by atoms with E-state index in [1.165, 1.54) is 22.0 Å². The van der Waals surface area contributed by atoms with E-state index in [9.17, 15) is 0 Å². The summed E-state index contributed by atoms with van der Waals surface area (Å²) in [6, 6.07) is 22.8. The van der Waals surface area contributed by atoms with Gasteiger partial charge in [-0.25, -0.2) is 0 Å². The van der Waals surface area contributed by atoms with Crippen molar-refractivity contribution >= 4 is 33.1 Å². The van der Waals surface area contributed by atoms with E-state index in [1.54, 1.807) is 0 Å². The normalized spacial score (nSPS) is 11.3. The minimum absolute atomic E-state index is 0.650. The molecule has 0 fully saturated rings. The summed E-state index contributed by atoms with van der Waals surface area (Å²) in [4.78, 5) is 0. The predicted octanol–water partition coefficient (Wildman–Crippen LogP) is 3.05. The molecule has 7 N–H and O–H groups in total. The van der Waals surface area contributed by atoms with E-state index < -0.39 is 0 Å². The van der Waals surface area contributed by atoms with Crippen LogP contribution >= 0.6 is 0 Å². The molecule has 0 saturated heterocycles. The Balaban J connectivity index is 1.98. The van der Waals surface area contributed by atoms with Crippen LogP contribution in [-0.2, 0) is 6.54 Å². The molecule has 4 rings (SSSR count). The third-order valence-corrected chi connectivity index (χ3v) is 5.28. The SMILES string of the molecule is NCCNCCC[n+]1c(-c2ccccc2)c2cc(N)ccc2c2ccc(N)cc21. The van der Waals surface area contributed by atoms with Gasteiger partial charge in [0.1, 0.15) is 0 Å². The van der Waals surface area contributed by atoms with Crippen LogP contribution in [0.15, 0.2) is 66.7 Å². The van der Waals surface area contributed by atoms with Crippen molar-refractivity contribution in [1.82, 2.24) is 5.32 Å². The molecular formula is C24H28N5+. The van der Waals surface area contributed by atoms with Crippen LogP contribution in [0, 0.1) is 0 Å². The Bertz CT molecular complexity index is 1140. The van der Waals surface area contributed by atoms with Gasteiger partial charge in [0.25, 0.3) is 0 Å². The minimum atomic E-state index is 0.650. The number of nitrogens with zero attached hydrogens (tertiary/aromatic N) is 1. The molecule has 0 amide bonds. The van der Waals surface area contributed by atoms with Gasteiger partial charge in [0.05, 0.1) is 10.8 Å². The summed E-state index contributed by atoms with van der Waals surface area (Å²) >= 11 is 0. The quantitative estimate of drug-likeness (QED) is 0.170. The lowest BCUT2D eigenvalue weighted by Crippen LogP contribution is -2.39. The molecule has 29 heavy (non-hydrogen) atoms. The Morgan fingerprint density at radius 1 is 0.759 bits per heavy atom. The molecule has 0 aliphatic rings. The monoisotopic (exact) mass is 386 g/mol. The van der Waals surface area contributed by atoms with Crippen LogP contribution < -0.4 is 27.1 Å². The molecule has 4 aromatic rings. The summed E-state index contributed by atoms with van der Waals surface area (Å²) < 4.78 is 2.38. The smallest absolute Gasteiger partial charge is 0.220 e. The van der Waals surface area contributed by atoms with Crippen LogP contribution in [0.1, 0.15) is 6.42 Å². The van der Waals surface area contributed by atoms with E-state index in [4.69, 9.17) is 17.2 Å². The number of benzene rings is 3. The van der Waals surface area contributed by atoms with Crippen LogP contribution in [0.4, 0.5) is 11.4 Å². The average molecular weight is 387 g/mol. The minimum Gasteiger partial charge on any atom is -0.399 e. The van der Waals surface area contributed by atoms with Crippen LogP contribution in [0.25, 0.3) is 32.9 Å². The zero-order valence-corrected chi connectivity index (χ0v) is 16.6. The van der Waals surface area contributed by atoms with E-state index in [1.807, 2.05) is 18.2 Å². The number of rotatable bonds is 7. The Morgan fingerprint density at radius 2 is 1.48 bits per heavy atom. The topological polar surface area (TPSA) is 94.0 Å². The Morgan fingerprint density at radius 3 is 2.24 bits per heavy atom. The number of aromatic nitrogens is 1. The Hall–Kier alpha value is -3.15. The molecule has 1 aromatic heterocycles. The zero-order chi connectivity index (χ0) is 20.2. The Labute approximate surface area is 171 Å². The lowest BCUT2D eigenvalue weighted by Gasteiger charge is -2.13. The summed E-state index contributed by atoms with van der Waals surface area (Å²) in [6.07, 6.45) is 0.988. The van der Waals surface area contributed by atoms with Gasteiger partial charge in [-0.05, 0) is 36.4 Å². The summed E-state index contributed by atoms with van der Waals surface area (Å²) in [5, 5.41) is 6.91. The van der Waals surface area contributed by atoms with Gasteiger partial charge >= 0.3 is 0 Å². The van der Waals surface area contributed by atoms with Gasteiger partial charge < -0.3 is 22.5 Å². The molecule has 0 spiro atoms. The van der Waals surface area contributed by atoms with E-state index in [2.05, 4.69) is 58.4 Å². The van der Waals surface area contributed by atoms with Crippen molar-refractivity contribution in [2.24, 2.45) is 5.73 Å². The number of fused-ring (bicyclic) bond motifs is 3. The molecular weight excluding hydrogens is 358 g/mol. The number of nitrogens with two attached hydrogens (primary N) is 3. The van der Waals surface area contributed by atoms with Crippen molar-refractivity contribution in [3.8, 4) is 11.3 Å². The van der Waals surface area contributed by atoms with E-state index in [0.29, 0.717) is 6.54 Å². The summed E-state index contributed by atoms with van der Waals surface area (Å²) in [5.74, 6) is 0. The molecule has 5 nitrogen and oxygen atoms in total. The molecule has 0 bridgehead atoms. The van der Waals surface area contributed by atoms with Crippen molar-refractivity contribution in [3.05, 3.63) is 66.7 Å². The Kier molecular flexibility index (Phi) is 5.60. The molecule has 0 radical (unpaired) electrons. The number of nitrogen functional groups attached to an aromatic ring is 2. The number of aryl methyl sites for hydroxylation is 1. The van der Waals surface area contributed by atoms with E-state index in [-0.39, 0.29) is 0 Å². The molecule has 0 aliphatic carbocycles. The fraction of sp³-hybridized carbons (Fsp3) is 0.208. The zero-order valence-electron chi connectivity index (χ0n) is 16.6. The first kappa shape index (κ1) is 19.2. The number of hydrogen-bond acceptors (Lipinski definition) is 4. The van der Waals surface area contributed by atoms with Crippen molar-refractivity contribution in [3.63, 3.8) is 0 Å². The summed E-state index contributed by atoms with van der Waals surface area (Å²) in [6.45, 7) is 3.26. The van der Waals surface area contributed by atoms with E-state index >= 15 is 0 Å². The number of nitrogens with one attached hydrogen (secondary N) is 1. The second-order valence-corrected chi connectivity index (χ2v) is 7.34. The molecule has 0 unspecified atom stereocenters. The third-order valence-electron chi connectivity index (χ3n) is 5.28. The van der Waals surface area contributed by atoms with Gasteiger partial charge in [-0.2, -0.15) is 4.57 Å². The van der Waals surface area contributed by atoms with Gasteiger partial charge in [-0.1, -0.05) is 24.3 Å². The molecule has 5 heteroatoms. The highest BCUT2D eigenvalue weighted by Gasteiger charge is 2.23. The van der Waals surface area contributed by atoms with Crippen molar-refractivity contribution < 1.29 is 4.57 Å². The highest BCUT2D eigenvalue weighted by atomic mass is 15.0. The number of pyridine rings is 1. The predicted molar refractivity (Wildman–Crippen MR) is 122 cm³/mol. The van der Waals surface area contributed by atoms with Gasteiger partial charge in [-0.15, -0.1) is 0 Å². The lowest BCUT2D eigenvalue weighted by atomic mass is 9.98. The number of hydrogen-bond donors (Lipinski definition) is 4. The average Bonchev–Trinajstić information content (AvgIpc) is 2.74. The number of anilines is 2. The third kappa shape index (κ3) is 3.88. The molecule has 0 atom stereocenters. The first-order valence-corrected chi connectivity index (χ1v) is 10.1. The van der Waals surface area contributed by atoms with Crippen molar-refractivity contribution in [1.29, 1.82) is 0 Å². The second-order valence-electron chi connectivity index (χ2n) is 7.34. The lowest BCUT2D eigenvalue weighted by molar-refractivity contribution is -0.659. The summed E-state index contributed by atoms with van der Waals surface area (Å²) in [5.41, 5.74) is 23.0. The fourth-order valence-corrected chi connectivity index (χ4v) is 3.99. The first-order valence-electron chi connectivity index (χ1n) is 10.1. The highest BCUT2D eigenvalue weighted by molar-refractivity contribution is 6.10. The van der Waals surface area contributed by atoms with Gasteiger partial charge in [-0.3, -0.25) is 0 Å². The molecule has 3 aromatic carbocycles. The van der Waals surface area contributed by atoms with Gasteiger partial charge in [0, 0.05) is 54.4 Å². The summed E-state index contributed by atoms with van der Waals surface area (Å²) in [7, 11) is 0. The maximum atomic E-state index is 6.19. The fourth-order valence-electron chi connectivity index (χ4n) is 3.99. The van der Waals surface area contributed by atoms with Crippen molar-refractivity contribution in [2.75, 3.05) is 31.1 Å². The highest BCUT2D eigenvalue weighted by Crippen LogP contribution is 2.33. The van der Waals surface area contributed by atoms with E-state index in [0.717, 1.165) is 48.3 Å². The molecule has 0 saturated carbocycles. The molecule has 148 valence electrons. The maximum Gasteiger partial charge on any atom is 0.220 e. The van der Waals surface area contributed by atoms with Gasteiger partial charge in [0.2, 0.25) is 11.2 Å².